The Hall–Kier alpha value is -1.59. The minimum absolute atomic E-state index is 0.0566. The lowest BCUT2D eigenvalue weighted by Crippen LogP contribution is -2.58. The summed E-state index contributed by atoms with van der Waals surface area (Å²) < 4.78 is 0. The average Bonchev–Trinajstić information content (AvgIpc) is 2.98. The van der Waals surface area contributed by atoms with Gasteiger partial charge in [-0.1, -0.05) is 46.0 Å². The fourth-order valence-electron chi connectivity index (χ4n) is 4.34. The predicted octanol–water partition coefficient (Wildman–Crippen LogP) is 3.91. The van der Waals surface area contributed by atoms with E-state index in [0.29, 0.717) is 12.0 Å². The van der Waals surface area contributed by atoms with Gasteiger partial charge in [0.15, 0.2) is 8.24 Å². The zero-order valence-corrected chi connectivity index (χ0v) is 17.6. The van der Waals surface area contributed by atoms with E-state index < -0.39 is 8.24 Å². The summed E-state index contributed by atoms with van der Waals surface area (Å²) in [6.07, 6.45) is 4.16. The van der Waals surface area contributed by atoms with Crippen LogP contribution < -0.4 is 10.3 Å². The van der Waals surface area contributed by atoms with Crippen LogP contribution in [0.3, 0.4) is 0 Å². The summed E-state index contributed by atoms with van der Waals surface area (Å²) in [6, 6.07) is 6.99. The lowest BCUT2D eigenvalue weighted by molar-refractivity contribution is -0.124. The SMILES string of the molecule is CC(C)(C)[Si](C)(C)NC(=O)C1CN[C@@H]2Cc3c[nH]c4cccc(c34)[C@H]2C1. The molecule has 3 atom stereocenters. The van der Waals surface area contributed by atoms with Gasteiger partial charge in [-0.3, -0.25) is 4.79 Å². The van der Waals surface area contributed by atoms with Crippen molar-refractivity contribution in [2.75, 3.05) is 6.54 Å². The number of hydrogen-bond acceptors (Lipinski definition) is 2. The fourth-order valence-corrected chi connectivity index (χ4v) is 5.53. The summed E-state index contributed by atoms with van der Waals surface area (Å²) >= 11 is 0. The Bertz CT molecular complexity index is 849. The number of amides is 1. The quantitative estimate of drug-likeness (QED) is 0.703. The van der Waals surface area contributed by atoms with Crippen molar-refractivity contribution in [3.05, 3.63) is 35.5 Å². The van der Waals surface area contributed by atoms with Gasteiger partial charge in [-0.25, -0.2) is 0 Å². The van der Waals surface area contributed by atoms with Crippen molar-refractivity contribution in [2.24, 2.45) is 5.92 Å². The van der Waals surface area contributed by atoms with Crippen LogP contribution in [0.2, 0.25) is 18.1 Å². The summed E-state index contributed by atoms with van der Waals surface area (Å²) in [5.41, 5.74) is 4.05. The van der Waals surface area contributed by atoms with Crippen molar-refractivity contribution in [3.8, 4) is 0 Å². The summed E-state index contributed by atoms with van der Waals surface area (Å²) in [5, 5.41) is 5.24. The molecule has 1 amide bonds. The van der Waals surface area contributed by atoms with Crippen molar-refractivity contribution in [1.29, 1.82) is 0 Å². The maximum absolute atomic E-state index is 13.1. The van der Waals surface area contributed by atoms with Crippen molar-refractivity contribution in [1.82, 2.24) is 15.3 Å². The first-order chi connectivity index (χ1) is 12.2. The van der Waals surface area contributed by atoms with Gasteiger partial charge in [-0.05, 0) is 35.1 Å². The molecular weight excluding hydrogens is 338 g/mol. The number of hydrogen-bond donors (Lipinski definition) is 3. The van der Waals surface area contributed by atoms with Gasteiger partial charge in [0, 0.05) is 35.6 Å². The van der Waals surface area contributed by atoms with Crippen LogP contribution in [0.15, 0.2) is 24.4 Å². The van der Waals surface area contributed by atoms with Crippen LogP contribution >= 0.6 is 0 Å². The molecule has 0 spiro atoms. The van der Waals surface area contributed by atoms with Crippen LogP contribution in [0.5, 0.6) is 0 Å². The highest BCUT2D eigenvalue weighted by atomic mass is 28.3. The Morgan fingerprint density at radius 3 is 2.77 bits per heavy atom. The summed E-state index contributed by atoms with van der Waals surface area (Å²) in [4.78, 5) is 19.9. The molecule has 1 saturated heterocycles. The van der Waals surface area contributed by atoms with Gasteiger partial charge in [0.25, 0.3) is 0 Å². The summed E-state index contributed by atoms with van der Waals surface area (Å²) in [7, 11) is -1.82. The number of carbonyl (C=O) groups excluding carboxylic acids is 1. The third kappa shape index (κ3) is 2.81. The van der Waals surface area contributed by atoms with Crippen molar-refractivity contribution in [3.63, 3.8) is 0 Å². The van der Waals surface area contributed by atoms with E-state index >= 15 is 0 Å². The number of benzene rings is 1. The Labute approximate surface area is 157 Å². The minimum atomic E-state index is -1.82. The molecule has 1 fully saturated rings. The second-order valence-corrected chi connectivity index (χ2v) is 14.7. The average molecular weight is 370 g/mol. The number of nitrogens with one attached hydrogen (secondary N) is 3. The van der Waals surface area contributed by atoms with Crippen LogP contribution in [-0.2, 0) is 11.2 Å². The van der Waals surface area contributed by atoms with Crippen LogP contribution in [0, 0.1) is 5.92 Å². The molecule has 1 aromatic heterocycles. The minimum Gasteiger partial charge on any atom is -0.381 e. The van der Waals surface area contributed by atoms with Crippen molar-refractivity contribution in [2.45, 2.75) is 63.7 Å². The van der Waals surface area contributed by atoms with Crippen LogP contribution in [0.4, 0.5) is 0 Å². The smallest absolute Gasteiger partial charge is 0.216 e. The Morgan fingerprint density at radius 2 is 2.04 bits per heavy atom. The molecule has 26 heavy (non-hydrogen) atoms. The van der Waals surface area contributed by atoms with Gasteiger partial charge in [-0.2, -0.15) is 0 Å². The first-order valence-electron chi connectivity index (χ1n) is 9.81. The zero-order chi connectivity index (χ0) is 18.7. The van der Waals surface area contributed by atoms with E-state index in [1.54, 1.807) is 0 Å². The first-order valence-corrected chi connectivity index (χ1v) is 12.8. The maximum Gasteiger partial charge on any atom is 0.216 e. The van der Waals surface area contributed by atoms with Gasteiger partial charge in [-0.15, -0.1) is 0 Å². The fraction of sp³-hybridized carbons (Fsp3) is 0.571. The molecule has 1 aromatic carbocycles. The molecule has 1 unspecified atom stereocenters. The Morgan fingerprint density at radius 1 is 1.27 bits per heavy atom. The molecule has 140 valence electrons. The highest BCUT2D eigenvalue weighted by molar-refractivity contribution is 6.79. The first kappa shape index (κ1) is 17.8. The normalized spacial score (nSPS) is 25.8. The molecule has 1 aliphatic heterocycles. The van der Waals surface area contributed by atoms with Crippen LogP contribution in [0.25, 0.3) is 10.9 Å². The number of aromatic nitrogens is 1. The molecule has 1 aliphatic carbocycles. The molecule has 4 rings (SSSR count). The van der Waals surface area contributed by atoms with E-state index in [0.717, 1.165) is 19.4 Å². The topological polar surface area (TPSA) is 56.9 Å². The van der Waals surface area contributed by atoms with Crippen molar-refractivity contribution < 1.29 is 4.79 Å². The van der Waals surface area contributed by atoms with E-state index in [-0.39, 0.29) is 16.9 Å². The molecule has 5 heteroatoms. The Balaban J connectivity index is 1.57. The molecule has 0 saturated carbocycles. The lowest BCUT2D eigenvalue weighted by atomic mass is 9.73. The Kier molecular flexibility index (Phi) is 4.08. The number of carbonyl (C=O) groups is 1. The maximum atomic E-state index is 13.1. The van der Waals surface area contributed by atoms with E-state index in [1.807, 2.05) is 0 Å². The second kappa shape index (κ2) is 5.96. The third-order valence-electron chi connectivity index (χ3n) is 6.99. The molecule has 3 N–H and O–H groups in total. The van der Waals surface area contributed by atoms with Crippen LogP contribution in [-0.4, -0.2) is 31.7 Å². The number of H-pyrrole nitrogens is 1. The van der Waals surface area contributed by atoms with Crippen molar-refractivity contribution >= 4 is 25.0 Å². The molecule has 2 heterocycles. The second-order valence-electron chi connectivity index (χ2n) is 9.71. The summed E-state index contributed by atoms with van der Waals surface area (Å²) in [5.74, 6) is 0.724. The predicted molar refractivity (Wildman–Crippen MR) is 110 cm³/mol. The molecule has 2 aromatic rings. The molecular formula is C21H31N3OSi. The number of piperidine rings is 1. The van der Waals surface area contributed by atoms with Gasteiger partial charge in [0.1, 0.15) is 0 Å². The molecule has 0 bridgehead atoms. The standard InChI is InChI=1S/C21H31N3OSi/c1-21(2,3)26(4,5)24-20(25)14-9-16-15-7-6-8-17-19(15)13(11-22-17)10-18(16)23-12-14/h6-8,11,14,16,18,22-23H,9-10,12H2,1-5H3,(H,24,25)/t14?,16-,18-/m1/s1. The summed E-state index contributed by atoms with van der Waals surface area (Å²) in [6.45, 7) is 12.0. The number of aromatic amines is 1. The van der Waals surface area contributed by atoms with E-state index in [2.05, 4.69) is 73.5 Å². The number of fused-ring (bicyclic) bond motifs is 2. The van der Waals surface area contributed by atoms with E-state index in [4.69, 9.17) is 0 Å². The molecule has 4 nitrogen and oxygen atoms in total. The highest BCUT2D eigenvalue weighted by Gasteiger charge is 2.42. The zero-order valence-electron chi connectivity index (χ0n) is 16.6. The van der Waals surface area contributed by atoms with E-state index in [1.165, 1.54) is 22.0 Å². The van der Waals surface area contributed by atoms with Gasteiger partial charge in [0.05, 0.1) is 5.92 Å². The monoisotopic (exact) mass is 369 g/mol. The number of rotatable bonds is 2. The lowest BCUT2D eigenvalue weighted by Gasteiger charge is -2.42. The van der Waals surface area contributed by atoms with Gasteiger partial charge >= 0.3 is 0 Å². The molecule has 0 radical (unpaired) electrons. The largest absolute Gasteiger partial charge is 0.381 e. The molecule has 2 aliphatic rings. The van der Waals surface area contributed by atoms with Gasteiger partial charge in [0.2, 0.25) is 5.91 Å². The highest BCUT2D eigenvalue weighted by Crippen LogP contribution is 2.42. The van der Waals surface area contributed by atoms with Gasteiger partial charge < -0.3 is 15.3 Å². The van der Waals surface area contributed by atoms with E-state index in [9.17, 15) is 4.79 Å². The van der Waals surface area contributed by atoms with Crippen LogP contribution in [0.1, 0.15) is 44.2 Å². The third-order valence-corrected chi connectivity index (χ3v) is 11.6.